The number of aryl methyl sites for hydroxylation is 1. The van der Waals surface area contributed by atoms with Crippen LogP contribution >= 0.6 is 11.3 Å². The van der Waals surface area contributed by atoms with Gasteiger partial charge in [-0.1, -0.05) is 60.7 Å². The van der Waals surface area contributed by atoms with Crippen molar-refractivity contribution in [3.05, 3.63) is 76.3 Å². The Bertz CT molecular complexity index is 938. The van der Waals surface area contributed by atoms with Gasteiger partial charge in [0.1, 0.15) is 17.2 Å². The van der Waals surface area contributed by atoms with E-state index < -0.39 is 0 Å². The van der Waals surface area contributed by atoms with Crippen LogP contribution in [0.3, 0.4) is 0 Å². The summed E-state index contributed by atoms with van der Waals surface area (Å²) in [6.07, 6.45) is 2.25. The van der Waals surface area contributed by atoms with Crippen LogP contribution in [0, 0.1) is 0 Å². The van der Waals surface area contributed by atoms with E-state index in [0.29, 0.717) is 28.7 Å². The van der Waals surface area contributed by atoms with Crippen molar-refractivity contribution in [3.8, 4) is 5.75 Å². The molecule has 0 aliphatic carbocycles. The number of thiazole rings is 1. The topological polar surface area (TPSA) is 89.6 Å². The Kier molecular flexibility index (Phi) is 6.17. The normalized spacial score (nSPS) is 10.9. The molecule has 1 amide bonds. The summed E-state index contributed by atoms with van der Waals surface area (Å²) in [6, 6.07) is 17.3. The Balaban J connectivity index is 1.65. The third-order valence-corrected chi connectivity index (χ3v) is 4.74. The highest BCUT2D eigenvalue weighted by atomic mass is 32.1. The van der Waals surface area contributed by atoms with Crippen molar-refractivity contribution in [1.82, 2.24) is 10.4 Å². The van der Waals surface area contributed by atoms with Crippen LogP contribution in [0.5, 0.6) is 5.75 Å². The molecule has 27 heavy (non-hydrogen) atoms. The van der Waals surface area contributed by atoms with E-state index in [1.807, 2.05) is 61.5 Å². The molecule has 138 valence electrons. The molecule has 0 atom stereocenters. The van der Waals surface area contributed by atoms with E-state index in [9.17, 15) is 4.79 Å². The maximum absolute atomic E-state index is 12.3. The van der Waals surface area contributed by atoms with Crippen LogP contribution in [0.15, 0.2) is 59.7 Å². The fourth-order valence-corrected chi connectivity index (χ4v) is 3.28. The number of benzene rings is 2. The summed E-state index contributed by atoms with van der Waals surface area (Å²) in [7, 11) is 0. The molecule has 0 aliphatic rings. The summed E-state index contributed by atoms with van der Waals surface area (Å²) in [6.45, 7) is 2.34. The van der Waals surface area contributed by atoms with Crippen LogP contribution in [0.4, 0.5) is 5.13 Å². The summed E-state index contributed by atoms with van der Waals surface area (Å²) in [5, 5.41) is 4.46. The SMILES string of the molecule is CCc1nc(N)sc1C(=O)N/N=C\c1ccccc1COc1ccccc1. The van der Waals surface area contributed by atoms with Crippen LogP contribution in [-0.4, -0.2) is 17.1 Å². The lowest BCUT2D eigenvalue weighted by Crippen LogP contribution is -2.18. The van der Waals surface area contributed by atoms with E-state index in [1.165, 1.54) is 0 Å². The smallest absolute Gasteiger partial charge is 0.283 e. The number of hydrogen-bond acceptors (Lipinski definition) is 6. The minimum Gasteiger partial charge on any atom is -0.489 e. The first-order valence-electron chi connectivity index (χ1n) is 8.51. The summed E-state index contributed by atoms with van der Waals surface area (Å²) < 4.78 is 5.79. The lowest BCUT2D eigenvalue weighted by atomic mass is 10.1. The number of carbonyl (C=O) groups is 1. The summed E-state index contributed by atoms with van der Waals surface area (Å²) >= 11 is 1.16. The van der Waals surface area contributed by atoms with Crippen LogP contribution in [0.2, 0.25) is 0 Å². The highest BCUT2D eigenvalue weighted by Gasteiger charge is 2.15. The minimum absolute atomic E-state index is 0.310. The lowest BCUT2D eigenvalue weighted by molar-refractivity contribution is 0.0958. The van der Waals surface area contributed by atoms with Crippen molar-refractivity contribution in [2.75, 3.05) is 5.73 Å². The molecule has 0 saturated carbocycles. The molecule has 0 unspecified atom stereocenters. The van der Waals surface area contributed by atoms with Gasteiger partial charge < -0.3 is 10.5 Å². The van der Waals surface area contributed by atoms with Gasteiger partial charge in [-0.25, -0.2) is 10.4 Å². The molecule has 6 nitrogen and oxygen atoms in total. The van der Waals surface area contributed by atoms with Gasteiger partial charge in [-0.05, 0) is 24.1 Å². The Morgan fingerprint density at radius 1 is 1.22 bits per heavy atom. The average molecular weight is 380 g/mol. The lowest BCUT2D eigenvalue weighted by Gasteiger charge is -2.08. The molecule has 3 aromatic rings. The van der Waals surface area contributed by atoms with E-state index in [-0.39, 0.29) is 5.91 Å². The minimum atomic E-state index is -0.310. The van der Waals surface area contributed by atoms with Crippen LogP contribution in [0.1, 0.15) is 33.4 Å². The first-order valence-corrected chi connectivity index (χ1v) is 9.33. The van der Waals surface area contributed by atoms with Crippen molar-refractivity contribution >= 4 is 28.6 Å². The average Bonchev–Trinajstić information content (AvgIpc) is 3.09. The number of aromatic nitrogens is 1. The van der Waals surface area contributed by atoms with Gasteiger partial charge in [0, 0.05) is 5.56 Å². The molecule has 1 aromatic heterocycles. The maximum Gasteiger partial charge on any atom is 0.283 e. The number of hydrazone groups is 1. The Labute approximate surface area is 161 Å². The highest BCUT2D eigenvalue weighted by molar-refractivity contribution is 7.17. The molecule has 1 heterocycles. The van der Waals surface area contributed by atoms with Gasteiger partial charge in [0.25, 0.3) is 5.91 Å². The maximum atomic E-state index is 12.3. The van der Waals surface area contributed by atoms with E-state index >= 15 is 0 Å². The zero-order chi connectivity index (χ0) is 19.1. The van der Waals surface area contributed by atoms with Gasteiger partial charge in [0.15, 0.2) is 5.13 Å². The Morgan fingerprint density at radius 2 is 1.96 bits per heavy atom. The van der Waals surface area contributed by atoms with E-state index in [0.717, 1.165) is 28.2 Å². The molecule has 0 bridgehead atoms. The molecular weight excluding hydrogens is 360 g/mol. The number of rotatable bonds is 7. The van der Waals surface area contributed by atoms with Gasteiger partial charge in [0.05, 0.1) is 11.9 Å². The molecule has 0 fully saturated rings. The second-order valence-corrected chi connectivity index (χ2v) is 6.71. The third kappa shape index (κ3) is 4.92. The number of nitrogens with one attached hydrogen (secondary N) is 1. The monoisotopic (exact) mass is 380 g/mol. The second kappa shape index (κ2) is 8.95. The molecule has 2 aromatic carbocycles. The standard InChI is InChI=1S/C20H20N4O2S/c1-2-17-18(27-20(21)23-17)19(25)24-22-12-14-8-6-7-9-15(14)13-26-16-10-4-3-5-11-16/h3-12H,2,13H2,1H3,(H2,21,23)(H,24,25)/b22-12-. The first-order chi connectivity index (χ1) is 13.2. The number of carbonyl (C=O) groups excluding carboxylic acids is 1. The largest absolute Gasteiger partial charge is 0.489 e. The number of nitrogen functional groups attached to an aromatic ring is 1. The van der Waals surface area contributed by atoms with E-state index in [4.69, 9.17) is 10.5 Å². The highest BCUT2D eigenvalue weighted by Crippen LogP contribution is 2.20. The molecular formula is C20H20N4O2S. The number of nitrogens with zero attached hydrogens (tertiary/aromatic N) is 2. The second-order valence-electron chi connectivity index (χ2n) is 5.68. The fraction of sp³-hybridized carbons (Fsp3) is 0.150. The summed E-state index contributed by atoms with van der Waals surface area (Å²) in [5.41, 5.74) is 10.7. The zero-order valence-corrected chi connectivity index (χ0v) is 15.7. The molecule has 3 N–H and O–H groups in total. The van der Waals surface area contributed by atoms with Gasteiger partial charge in [-0.2, -0.15) is 5.10 Å². The van der Waals surface area contributed by atoms with Crippen molar-refractivity contribution in [3.63, 3.8) is 0 Å². The number of para-hydroxylation sites is 1. The number of nitrogens with two attached hydrogens (primary N) is 1. The number of ether oxygens (including phenoxy) is 1. The van der Waals surface area contributed by atoms with Gasteiger partial charge in [-0.3, -0.25) is 4.79 Å². The van der Waals surface area contributed by atoms with Crippen molar-refractivity contribution < 1.29 is 9.53 Å². The summed E-state index contributed by atoms with van der Waals surface area (Å²) in [4.78, 5) is 16.9. The number of anilines is 1. The van der Waals surface area contributed by atoms with E-state index in [2.05, 4.69) is 15.5 Å². The predicted octanol–water partition coefficient (Wildman–Crippen LogP) is 3.63. The molecule has 0 radical (unpaired) electrons. The molecule has 0 aliphatic heterocycles. The van der Waals surface area contributed by atoms with Gasteiger partial charge in [0.2, 0.25) is 0 Å². The fourth-order valence-electron chi connectivity index (χ4n) is 2.47. The van der Waals surface area contributed by atoms with Gasteiger partial charge in [-0.15, -0.1) is 0 Å². The molecule has 0 saturated heterocycles. The predicted molar refractivity (Wildman–Crippen MR) is 108 cm³/mol. The Hall–Kier alpha value is -3.19. The van der Waals surface area contributed by atoms with Crippen LogP contribution < -0.4 is 15.9 Å². The zero-order valence-electron chi connectivity index (χ0n) is 14.9. The number of hydrogen-bond donors (Lipinski definition) is 2. The first kappa shape index (κ1) is 18.6. The van der Waals surface area contributed by atoms with Crippen LogP contribution in [-0.2, 0) is 13.0 Å². The Morgan fingerprint density at radius 3 is 2.74 bits per heavy atom. The van der Waals surface area contributed by atoms with Crippen molar-refractivity contribution in [2.24, 2.45) is 5.10 Å². The number of amides is 1. The molecule has 0 spiro atoms. The van der Waals surface area contributed by atoms with E-state index in [1.54, 1.807) is 6.21 Å². The third-order valence-electron chi connectivity index (χ3n) is 3.82. The van der Waals surface area contributed by atoms with Crippen LogP contribution in [0.25, 0.3) is 0 Å². The van der Waals surface area contributed by atoms with Gasteiger partial charge >= 0.3 is 0 Å². The van der Waals surface area contributed by atoms with Crippen molar-refractivity contribution in [1.29, 1.82) is 0 Å². The molecule has 7 heteroatoms. The van der Waals surface area contributed by atoms with Crippen molar-refractivity contribution in [2.45, 2.75) is 20.0 Å². The molecule has 3 rings (SSSR count). The quantitative estimate of drug-likeness (QED) is 0.484. The summed E-state index contributed by atoms with van der Waals surface area (Å²) in [5.74, 6) is 0.489.